The quantitative estimate of drug-likeness (QED) is 0.196. The van der Waals surface area contributed by atoms with E-state index in [1.165, 1.54) is 7.16 Å². The summed E-state index contributed by atoms with van der Waals surface area (Å²) in [6.45, 7) is -0.206. The zero-order valence-corrected chi connectivity index (χ0v) is 27.1. The molecule has 0 amide bonds. The third-order valence-electron chi connectivity index (χ3n) is 6.98. The van der Waals surface area contributed by atoms with Crippen LogP contribution < -0.4 is 17.4 Å². The van der Waals surface area contributed by atoms with E-state index in [9.17, 15) is 10.2 Å². The second kappa shape index (κ2) is 18.6. The Kier molecular flexibility index (Phi) is 13.8. The summed E-state index contributed by atoms with van der Waals surface area (Å²) >= 11 is -0.517. The number of rotatable bonds is 8. The first-order valence-electron chi connectivity index (χ1n) is 14.5. The molecule has 6 rings (SSSR count). The van der Waals surface area contributed by atoms with E-state index in [0.717, 1.165) is 22.3 Å². The molecule has 0 saturated carbocycles. The fraction of sp³-hybridized carbons (Fsp3) is 0.100. The van der Waals surface area contributed by atoms with Crippen LogP contribution in [-0.4, -0.2) is 34.4 Å². The van der Waals surface area contributed by atoms with Gasteiger partial charge in [-0.15, -0.1) is 13.2 Å². The SMILES string of the molecule is [O-]CC(c1ccccc1)c1ccccc1.[O-]CC(c1ccccc1)c1ccccc1.c1cc[c]([Sn+2][c]2ccccc2)cc1. The molecule has 43 heavy (non-hydrogen) atoms. The van der Waals surface area contributed by atoms with E-state index in [4.69, 9.17) is 0 Å². The van der Waals surface area contributed by atoms with Gasteiger partial charge in [-0.1, -0.05) is 121 Å². The summed E-state index contributed by atoms with van der Waals surface area (Å²) < 4.78 is 3.08. The summed E-state index contributed by atoms with van der Waals surface area (Å²) in [5, 5.41) is 22.5. The minimum atomic E-state index is -0.517. The first-order chi connectivity index (χ1) is 21.3. The third-order valence-corrected chi connectivity index (χ3v) is 10.5. The van der Waals surface area contributed by atoms with Gasteiger partial charge in [0.1, 0.15) is 0 Å². The second-order valence-electron chi connectivity index (χ2n) is 9.94. The first kappa shape index (κ1) is 32.0. The van der Waals surface area contributed by atoms with Crippen LogP contribution in [0.2, 0.25) is 0 Å². The van der Waals surface area contributed by atoms with Gasteiger partial charge in [-0.25, -0.2) is 0 Å². The molecule has 0 atom stereocenters. The normalized spacial score (nSPS) is 10.1. The van der Waals surface area contributed by atoms with E-state index in [1.54, 1.807) is 0 Å². The summed E-state index contributed by atoms with van der Waals surface area (Å²) in [5.74, 6) is -0.0419. The summed E-state index contributed by atoms with van der Waals surface area (Å²) in [6, 6.07) is 61.3. The first-order valence-corrected chi connectivity index (χ1v) is 17.4. The number of benzene rings is 6. The molecule has 6 aromatic carbocycles. The number of hydrogen-bond donors (Lipinski definition) is 0. The van der Waals surface area contributed by atoms with Gasteiger partial charge < -0.3 is 10.2 Å². The fourth-order valence-electron chi connectivity index (χ4n) is 4.72. The monoisotopic (exact) mass is 668 g/mol. The zero-order valence-electron chi connectivity index (χ0n) is 24.2. The van der Waals surface area contributed by atoms with Crippen LogP contribution in [0.3, 0.4) is 0 Å². The second-order valence-corrected chi connectivity index (χ2v) is 13.9. The van der Waals surface area contributed by atoms with Crippen molar-refractivity contribution in [2.75, 3.05) is 13.2 Å². The molecule has 0 aliphatic heterocycles. The minimum absolute atomic E-state index is 0.0209. The number of hydrogen-bond acceptors (Lipinski definition) is 2. The average molecular weight is 667 g/mol. The van der Waals surface area contributed by atoms with Gasteiger partial charge in [0.15, 0.2) is 0 Å². The predicted octanol–water partition coefficient (Wildman–Crippen LogP) is 5.70. The standard InChI is InChI=1S/2C14H13O.2C6H5.Sn/c2*15-11-14(12-7-3-1-4-8-12)13-9-5-2-6-10-13;2*1-2-4-6-5-3-1;/h2*1-10,14H,11H2;2*1-5H;/q2*-1;;;+2. The molecule has 0 heterocycles. The summed E-state index contributed by atoms with van der Waals surface area (Å²) in [6.07, 6.45) is 0. The third kappa shape index (κ3) is 10.7. The molecule has 0 spiro atoms. The van der Waals surface area contributed by atoms with Gasteiger partial charge in [0.25, 0.3) is 0 Å². The van der Waals surface area contributed by atoms with E-state index in [0.29, 0.717) is 0 Å². The van der Waals surface area contributed by atoms with Gasteiger partial charge >= 0.3 is 89.0 Å². The van der Waals surface area contributed by atoms with Crippen LogP contribution >= 0.6 is 0 Å². The van der Waals surface area contributed by atoms with Crippen molar-refractivity contribution in [1.29, 1.82) is 0 Å². The van der Waals surface area contributed by atoms with Crippen molar-refractivity contribution in [3.63, 3.8) is 0 Å². The molecule has 0 fully saturated rings. The van der Waals surface area contributed by atoms with E-state index >= 15 is 0 Å². The molecule has 0 N–H and O–H groups in total. The maximum absolute atomic E-state index is 11.2. The van der Waals surface area contributed by atoms with E-state index in [2.05, 4.69) is 60.7 Å². The molecule has 0 aromatic heterocycles. The van der Waals surface area contributed by atoms with Gasteiger partial charge in [-0.3, -0.25) is 0 Å². The molecule has 0 radical (unpaired) electrons. The van der Waals surface area contributed by atoms with Crippen molar-refractivity contribution in [2.45, 2.75) is 11.8 Å². The van der Waals surface area contributed by atoms with Crippen molar-refractivity contribution in [2.24, 2.45) is 0 Å². The Morgan fingerprint density at radius 2 is 0.535 bits per heavy atom. The van der Waals surface area contributed by atoms with Crippen molar-refractivity contribution >= 4 is 28.3 Å². The van der Waals surface area contributed by atoms with Gasteiger partial charge in [0.2, 0.25) is 0 Å². The van der Waals surface area contributed by atoms with Gasteiger partial charge in [0.05, 0.1) is 0 Å². The van der Waals surface area contributed by atoms with E-state index < -0.39 is 21.1 Å². The molecule has 2 nitrogen and oxygen atoms in total. The molecule has 0 saturated heterocycles. The topological polar surface area (TPSA) is 46.1 Å². The molecule has 0 aliphatic carbocycles. The van der Waals surface area contributed by atoms with Crippen molar-refractivity contribution in [3.05, 3.63) is 204 Å². The van der Waals surface area contributed by atoms with Crippen LogP contribution in [0, 0.1) is 0 Å². The van der Waals surface area contributed by atoms with Crippen LogP contribution in [0.1, 0.15) is 34.1 Å². The molecule has 3 heteroatoms. The van der Waals surface area contributed by atoms with Crippen LogP contribution in [0.4, 0.5) is 0 Å². The molecule has 212 valence electrons. The molecular weight excluding hydrogens is 631 g/mol. The Hall–Kier alpha value is -3.96. The maximum atomic E-state index is 11.2. The summed E-state index contributed by atoms with van der Waals surface area (Å²) in [5.41, 5.74) is 4.38. The Morgan fingerprint density at radius 3 is 0.744 bits per heavy atom. The van der Waals surface area contributed by atoms with E-state index in [-0.39, 0.29) is 25.0 Å². The van der Waals surface area contributed by atoms with Gasteiger partial charge in [-0.2, -0.15) is 0 Å². The molecule has 0 unspecified atom stereocenters. The van der Waals surface area contributed by atoms with Gasteiger partial charge in [0, 0.05) is 0 Å². The van der Waals surface area contributed by atoms with Crippen molar-refractivity contribution in [1.82, 2.24) is 0 Å². The Morgan fingerprint density at radius 1 is 0.326 bits per heavy atom. The fourth-order valence-corrected chi connectivity index (χ4v) is 7.72. The average Bonchev–Trinajstić information content (AvgIpc) is 3.09. The zero-order chi connectivity index (χ0) is 30.0. The molecule has 6 aromatic rings. The summed E-state index contributed by atoms with van der Waals surface area (Å²) in [7, 11) is 0. The van der Waals surface area contributed by atoms with Crippen molar-refractivity contribution < 1.29 is 10.2 Å². The summed E-state index contributed by atoms with van der Waals surface area (Å²) in [4.78, 5) is 0. The van der Waals surface area contributed by atoms with Crippen molar-refractivity contribution in [3.8, 4) is 0 Å². The molecule has 0 bridgehead atoms. The van der Waals surface area contributed by atoms with Crippen LogP contribution in [0.25, 0.3) is 0 Å². The molecule has 0 aliphatic rings. The Bertz CT molecular complexity index is 1330. The Balaban J connectivity index is 0.000000148. The van der Waals surface area contributed by atoms with E-state index in [1.807, 2.05) is 121 Å². The predicted molar refractivity (Wildman–Crippen MR) is 177 cm³/mol. The van der Waals surface area contributed by atoms with Crippen LogP contribution in [0.5, 0.6) is 0 Å². The molecular formula is C40H36O2Sn. The van der Waals surface area contributed by atoms with Crippen LogP contribution in [0.15, 0.2) is 182 Å². The Labute approximate surface area is 266 Å². The van der Waals surface area contributed by atoms with Gasteiger partial charge in [-0.05, 0) is 34.1 Å². The van der Waals surface area contributed by atoms with Crippen LogP contribution in [-0.2, 0) is 0 Å².